The maximum absolute atomic E-state index is 12.3. The van der Waals surface area contributed by atoms with Crippen LogP contribution in [-0.2, 0) is 17.8 Å². The maximum atomic E-state index is 12.3. The Balaban J connectivity index is 2.05. The first-order chi connectivity index (χ1) is 10.1. The largest absolute Gasteiger partial charge is 0.496 e. The van der Waals surface area contributed by atoms with Gasteiger partial charge in [0.25, 0.3) is 0 Å². The zero-order valence-corrected chi connectivity index (χ0v) is 12.4. The molecule has 110 valence electrons. The molecule has 4 nitrogen and oxygen atoms in total. The molecule has 21 heavy (non-hydrogen) atoms. The second-order valence-corrected chi connectivity index (χ2v) is 4.94. The number of amides is 1. The van der Waals surface area contributed by atoms with Crippen molar-refractivity contribution in [2.24, 2.45) is 0 Å². The van der Waals surface area contributed by atoms with E-state index in [-0.39, 0.29) is 5.91 Å². The number of hydrogen-bond acceptors (Lipinski definition) is 3. The summed E-state index contributed by atoms with van der Waals surface area (Å²) in [5, 5.41) is 0. The molecule has 0 aromatic heterocycles. The molecule has 0 bridgehead atoms. The summed E-state index contributed by atoms with van der Waals surface area (Å²) in [4.78, 5) is 14.0. The Hall–Kier alpha value is -2.49. The molecule has 0 radical (unpaired) electrons. The van der Waals surface area contributed by atoms with Gasteiger partial charge in [0.05, 0.1) is 13.5 Å². The van der Waals surface area contributed by atoms with Crippen molar-refractivity contribution in [3.05, 3.63) is 59.7 Å². The van der Waals surface area contributed by atoms with E-state index >= 15 is 0 Å². The predicted molar refractivity (Wildman–Crippen MR) is 84.0 cm³/mol. The summed E-state index contributed by atoms with van der Waals surface area (Å²) in [6.45, 7) is 0.510. The topological polar surface area (TPSA) is 55.6 Å². The lowest BCUT2D eigenvalue weighted by Crippen LogP contribution is -2.28. The second-order valence-electron chi connectivity index (χ2n) is 4.94. The van der Waals surface area contributed by atoms with Gasteiger partial charge in [0.15, 0.2) is 0 Å². The summed E-state index contributed by atoms with van der Waals surface area (Å²) >= 11 is 0. The molecule has 0 saturated carbocycles. The first kappa shape index (κ1) is 14.9. The van der Waals surface area contributed by atoms with Gasteiger partial charge in [-0.05, 0) is 17.7 Å². The lowest BCUT2D eigenvalue weighted by Gasteiger charge is -2.19. The molecular weight excluding hydrogens is 264 g/mol. The van der Waals surface area contributed by atoms with E-state index in [0.717, 1.165) is 16.9 Å². The molecule has 2 N–H and O–H groups in total. The number of likely N-dealkylation sites (N-methyl/N-ethyl adjacent to an activating group) is 1. The minimum absolute atomic E-state index is 0.0267. The monoisotopic (exact) mass is 284 g/mol. The van der Waals surface area contributed by atoms with Gasteiger partial charge in [-0.1, -0.05) is 36.4 Å². The molecule has 1 amide bonds. The normalized spacial score (nSPS) is 10.2. The molecule has 0 aliphatic rings. The average Bonchev–Trinajstić information content (AvgIpc) is 2.50. The summed E-state index contributed by atoms with van der Waals surface area (Å²) in [6, 6.07) is 15.1. The molecule has 2 aromatic rings. The molecule has 0 aliphatic heterocycles. The highest BCUT2D eigenvalue weighted by atomic mass is 16.5. The summed E-state index contributed by atoms with van der Waals surface area (Å²) in [7, 11) is 3.42. The Morgan fingerprint density at radius 2 is 1.71 bits per heavy atom. The standard InChI is InChI=1S/C17H20N2O2/c1-19(12-14-8-4-6-10-16(14)21-2)17(20)11-13-7-3-5-9-15(13)18/h3-10H,11-12,18H2,1-2H3. The molecule has 0 atom stereocenters. The Bertz CT molecular complexity index is 626. The number of carbonyl (C=O) groups excluding carboxylic acids is 1. The number of para-hydroxylation sites is 2. The number of nitrogens with two attached hydrogens (primary N) is 1. The fourth-order valence-corrected chi connectivity index (χ4v) is 2.17. The van der Waals surface area contributed by atoms with Crippen LogP contribution in [0.25, 0.3) is 0 Å². The zero-order valence-electron chi connectivity index (χ0n) is 12.4. The molecule has 0 unspecified atom stereocenters. The Morgan fingerprint density at radius 1 is 1.10 bits per heavy atom. The fourth-order valence-electron chi connectivity index (χ4n) is 2.17. The SMILES string of the molecule is COc1ccccc1CN(C)C(=O)Cc1ccccc1N. The van der Waals surface area contributed by atoms with Crippen molar-refractivity contribution in [1.82, 2.24) is 4.90 Å². The van der Waals surface area contributed by atoms with Gasteiger partial charge in [-0.15, -0.1) is 0 Å². The van der Waals surface area contributed by atoms with Crippen LogP contribution in [0.1, 0.15) is 11.1 Å². The average molecular weight is 284 g/mol. The lowest BCUT2D eigenvalue weighted by molar-refractivity contribution is -0.129. The van der Waals surface area contributed by atoms with Gasteiger partial charge in [-0.2, -0.15) is 0 Å². The molecule has 0 spiro atoms. The van der Waals surface area contributed by atoms with E-state index < -0.39 is 0 Å². The lowest BCUT2D eigenvalue weighted by atomic mass is 10.1. The third kappa shape index (κ3) is 3.75. The Labute approximate surface area is 125 Å². The van der Waals surface area contributed by atoms with Gasteiger partial charge >= 0.3 is 0 Å². The number of nitrogen functional groups attached to an aromatic ring is 1. The zero-order chi connectivity index (χ0) is 15.2. The first-order valence-electron chi connectivity index (χ1n) is 6.81. The van der Waals surface area contributed by atoms with Crippen LogP contribution in [0.3, 0.4) is 0 Å². The van der Waals surface area contributed by atoms with E-state index in [1.54, 1.807) is 19.1 Å². The van der Waals surface area contributed by atoms with E-state index in [2.05, 4.69) is 0 Å². The van der Waals surface area contributed by atoms with Crippen LogP contribution in [0, 0.1) is 0 Å². The fraction of sp³-hybridized carbons (Fsp3) is 0.235. The number of methoxy groups -OCH3 is 1. The van der Waals surface area contributed by atoms with Crippen molar-refractivity contribution >= 4 is 11.6 Å². The van der Waals surface area contributed by atoms with Crippen LogP contribution in [0.5, 0.6) is 5.75 Å². The molecule has 0 aliphatic carbocycles. The Kier molecular flexibility index (Phi) is 4.82. The second kappa shape index (κ2) is 6.79. The molecule has 0 heterocycles. The number of hydrogen-bond donors (Lipinski definition) is 1. The number of anilines is 1. The van der Waals surface area contributed by atoms with Gasteiger partial charge in [-0.25, -0.2) is 0 Å². The summed E-state index contributed by atoms with van der Waals surface area (Å²) < 4.78 is 5.31. The minimum atomic E-state index is 0.0267. The number of rotatable bonds is 5. The highest BCUT2D eigenvalue weighted by molar-refractivity contribution is 5.80. The smallest absolute Gasteiger partial charge is 0.227 e. The van der Waals surface area contributed by atoms with Gasteiger partial charge in [0.1, 0.15) is 5.75 Å². The van der Waals surface area contributed by atoms with Crippen LogP contribution >= 0.6 is 0 Å². The molecule has 2 aromatic carbocycles. The van der Waals surface area contributed by atoms with Crippen molar-refractivity contribution in [2.75, 3.05) is 19.9 Å². The summed E-state index contributed by atoms with van der Waals surface area (Å²) in [5.41, 5.74) is 8.37. The van der Waals surface area contributed by atoms with Crippen LogP contribution in [0.4, 0.5) is 5.69 Å². The van der Waals surface area contributed by atoms with E-state index in [1.807, 2.05) is 48.5 Å². The molecule has 0 fully saturated rings. The predicted octanol–water partition coefficient (Wildman–Crippen LogP) is 2.48. The van der Waals surface area contributed by atoms with Gasteiger partial charge < -0.3 is 15.4 Å². The minimum Gasteiger partial charge on any atom is -0.496 e. The summed E-state index contributed by atoms with van der Waals surface area (Å²) in [5.74, 6) is 0.815. The summed E-state index contributed by atoms with van der Waals surface area (Å²) in [6.07, 6.45) is 0.304. The van der Waals surface area contributed by atoms with Crippen LogP contribution in [-0.4, -0.2) is 25.0 Å². The van der Waals surface area contributed by atoms with Crippen molar-refractivity contribution in [3.8, 4) is 5.75 Å². The number of benzene rings is 2. The van der Waals surface area contributed by atoms with Gasteiger partial charge in [0, 0.05) is 24.8 Å². The van der Waals surface area contributed by atoms with E-state index in [0.29, 0.717) is 18.7 Å². The Morgan fingerprint density at radius 3 is 2.38 bits per heavy atom. The van der Waals surface area contributed by atoms with Crippen molar-refractivity contribution in [2.45, 2.75) is 13.0 Å². The quantitative estimate of drug-likeness (QED) is 0.858. The van der Waals surface area contributed by atoms with E-state index in [4.69, 9.17) is 10.5 Å². The van der Waals surface area contributed by atoms with Crippen LogP contribution in [0.15, 0.2) is 48.5 Å². The van der Waals surface area contributed by atoms with Crippen LogP contribution < -0.4 is 10.5 Å². The van der Waals surface area contributed by atoms with E-state index in [9.17, 15) is 4.79 Å². The van der Waals surface area contributed by atoms with E-state index in [1.165, 1.54) is 0 Å². The highest BCUT2D eigenvalue weighted by Crippen LogP contribution is 2.19. The molecule has 0 saturated heterocycles. The molecule has 4 heteroatoms. The molecule has 2 rings (SSSR count). The van der Waals surface area contributed by atoms with Crippen molar-refractivity contribution < 1.29 is 9.53 Å². The third-order valence-corrected chi connectivity index (χ3v) is 3.42. The highest BCUT2D eigenvalue weighted by Gasteiger charge is 2.13. The van der Waals surface area contributed by atoms with Crippen molar-refractivity contribution in [1.29, 1.82) is 0 Å². The maximum Gasteiger partial charge on any atom is 0.227 e. The van der Waals surface area contributed by atoms with Crippen molar-refractivity contribution in [3.63, 3.8) is 0 Å². The van der Waals surface area contributed by atoms with Gasteiger partial charge in [-0.3, -0.25) is 4.79 Å². The number of nitrogens with zero attached hydrogens (tertiary/aromatic N) is 1. The third-order valence-electron chi connectivity index (χ3n) is 3.42. The number of carbonyl (C=O) groups is 1. The molecular formula is C17H20N2O2. The first-order valence-corrected chi connectivity index (χ1v) is 6.81. The van der Waals surface area contributed by atoms with Gasteiger partial charge in [0.2, 0.25) is 5.91 Å². The van der Waals surface area contributed by atoms with Crippen LogP contribution in [0.2, 0.25) is 0 Å². The number of ether oxygens (including phenoxy) is 1.